The van der Waals surface area contributed by atoms with Crippen molar-refractivity contribution in [2.24, 2.45) is 0 Å². The molecular weight excluding hydrogens is 234 g/mol. The zero-order valence-electron chi connectivity index (χ0n) is 11.8. The summed E-state index contributed by atoms with van der Waals surface area (Å²) in [5.41, 5.74) is 5.09. The van der Waals surface area contributed by atoms with E-state index in [2.05, 4.69) is 44.3 Å². The van der Waals surface area contributed by atoms with Crippen molar-refractivity contribution in [2.45, 2.75) is 33.4 Å². The van der Waals surface area contributed by atoms with E-state index in [9.17, 15) is 5.11 Å². The third-order valence-electron chi connectivity index (χ3n) is 3.60. The molecule has 0 heterocycles. The Morgan fingerprint density at radius 2 is 1.68 bits per heavy atom. The van der Waals surface area contributed by atoms with Gasteiger partial charge in [0, 0.05) is 12.6 Å². The Labute approximate surface area is 115 Å². The van der Waals surface area contributed by atoms with Gasteiger partial charge in [0.15, 0.2) is 0 Å². The third kappa shape index (κ3) is 3.36. The Bertz CT molecular complexity index is 543. The number of nitrogens with one attached hydrogen (secondary N) is 1. The average Bonchev–Trinajstić information content (AvgIpc) is 2.38. The molecule has 1 unspecified atom stereocenters. The van der Waals surface area contributed by atoms with Crippen molar-refractivity contribution < 1.29 is 5.11 Å². The van der Waals surface area contributed by atoms with Gasteiger partial charge in [-0.3, -0.25) is 0 Å². The highest BCUT2D eigenvalue weighted by Gasteiger charge is 2.07. The van der Waals surface area contributed by atoms with Gasteiger partial charge in [-0.15, -0.1) is 0 Å². The fraction of sp³-hybridized carbons (Fsp3) is 0.294. The number of benzene rings is 2. The summed E-state index contributed by atoms with van der Waals surface area (Å²) in [5, 5.41) is 13.0. The van der Waals surface area contributed by atoms with Crippen LogP contribution in [0.2, 0.25) is 0 Å². The van der Waals surface area contributed by atoms with Crippen molar-refractivity contribution in [3.63, 3.8) is 0 Å². The van der Waals surface area contributed by atoms with Crippen LogP contribution in [0.1, 0.15) is 35.2 Å². The van der Waals surface area contributed by atoms with Crippen LogP contribution in [0.5, 0.6) is 5.75 Å². The summed E-state index contributed by atoms with van der Waals surface area (Å²) < 4.78 is 0. The Morgan fingerprint density at radius 3 is 2.32 bits per heavy atom. The van der Waals surface area contributed by atoms with Crippen LogP contribution in [-0.4, -0.2) is 5.11 Å². The molecule has 0 fully saturated rings. The summed E-state index contributed by atoms with van der Waals surface area (Å²) >= 11 is 0. The highest BCUT2D eigenvalue weighted by Crippen LogP contribution is 2.19. The van der Waals surface area contributed by atoms with Gasteiger partial charge in [-0.25, -0.2) is 0 Å². The lowest BCUT2D eigenvalue weighted by molar-refractivity contribution is 0.472. The normalized spacial score (nSPS) is 12.4. The number of hydrogen-bond acceptors (Lipinski definition) is 2. The van der Waals surface area contributed by atoms with Crippen molar-refractivity contribution in [1.29, 1.82) is 0 Å². The standard InChI is InChI=1S/C17H21NO/c1-12-6-4-7-13(2)17(12)11-18-14(3)15-8-5-9-16(19)10-15/h4-10,14,18-19H,11H2,1-3H3. The van der Waals surface area contributed by atoms with E-state index in [0.717, 1.165) is 12.1 Å². The molecule has 19 heavy (non-hydrogen) atoms. The van der Waals surface area contributed by atoms with Gasteiger partial charge in [0.05, 0.1) is 0 Å². The Balaban J connectivity index is 2.06. The van der Waals surface area contributed by atoms with Crippen molar-refractivity contribution in [1.82, 2.24) is 5.32 Å². The smallest absolute Gasteiger partial charge is 0.115 e. The topological polar surface area (TPSA) is 32.3 Å². The van der Waals surface area contributed by atoms with Crippen LogP contribution >= 0.6 is 0 Å². The van der Waals surface area contributed by atoms with Gasteiger partial charge in [-0.05, 0) is 55.2 Å². The maximum Gasteiger partial charge on any atom is 0.115 e. The predicted molar refractivity (Wildman–Crippen MR) is 79.3 cm³/mol. The molecule has 100 valence electrons. The Morgan fingerprint density at radius 1 is 1.05 bits per heavy atom. The van der Waals surface area contributed by atoms with Crippen LogP contribution in [0.3, 0.4) is 0 Å². The first-order chi connectivity index (χ1) is 9.08. The number of phenolic OH excluding ortho intramolecular Hbond substituents is 1. The highest BCUT2D eigenvalue weighted by molar-refractivity contribution is 5.34. The number of rotatable bonds is 4. The van der Waals surface area contributed by atoms with Crippen molar-refractivity contribution in [3.8, 4) is 5.75 Å². The minimum Gasteiger partial charge on any atom is -0.508 e. The van der Waals surface area contributed by atoms with E-state index in [4.69, 9.17) is 0 Å². The monoisotopic (exact) mass is 255 g/mol. The number of hydrogen-bond donors (Lipinski definition) is 2. The largest absolute Gasteiger partial charge is 0.508 e. The second-order valence-corrected chi connectivity index (χ2v) is 5.07. The first-order valence-corrected chi connectivity index (χ1v) is 6.65. The number of aromatic hydroxyl groups is 1. The van der Waals surface area contributed by atoms with Crippen LogP contribution in [0.25, 0.3) is 0 Å². The van der Waals surface area contributed by atoms with Crippen LogP contribution in [0, 0.1) is 13.8 Å². The molecule has 0 aromatic heterocycles. The molecule has 1 atom stereocenters. The van der Waals surface area contributed by atoms with Crippen LogP contribution in [0.15, 0.2) is 42.5 Å². The first-order valence-electron chi connectivity index (χ1n) is 6.65. The Kier molecular flexibility index (Phi) is 4.23. The molecule has 0 aliphatic rings. The SMILES string of the molecule is Cc1cccc(C)c1CNC(C)c1cccc(O)c1. The van der Waals surface area contributed by atoms with Gasteiger partial charge in [-0.1, -0.05) is 30.3 Å². The molecule has 2 rings (SSSR count). The molecule has 0 bridgehead atoms. The van der Waals surface area contributed by atoms with Crippen LogP contribution in [-0.2, 0) is 6.54 Å². The summed E-state index contributed by atoms with van der Waals surface area (Å²) in [5.74, 6) is 0.318. The predicted octanol–water partition coefficient (Wildman–Crippen LogP) is 3.86. The minimum absolute atomic E-state index is 0.214. The molecule has 2 nitrogen and oxygen atoms in total. The van der Waals surface area contributed by atoms with Crippen molar-refractivity contribution in [3.05, 3.63) is 64.7 Å². The van der Waals surface area contributed by atoms with E-state index in [-0.39, 0.29) is 6.04 Å². The fourth-order valence-electron chi connectivity index (χ4n) is 2.29. The van der Waals surface area contributed by atoms with Gasteiger partial charge >= 0.3 is 0 Å². The number of aryl methyl sites for hydroxylation is 2. The lowest BCUT2D eigenvalue weighted by atomic mass is 10.0. The molecule has 0 aliphatic carbocycles. The zero-order valence-corrected chi connectivity index (χ0v) is 11.8. The molecule has 0 saturated heterocycles. The first kappa shape index (κ1) is 13.6. The third-order valence-corrected chi connectivity index (χ3v) is 3.60. The van der Waals surface area contributed by atoms with Crippen LogP contribution < -0.4 is 5.32 Å². The molecule has 0 saturated carbocycles. The maximum absolute atomic E-state index is 9.51. The van der Waals surface area contributed by atoms with Gasteiger partial charge in [0.1, 0.15) is 5.75 Å². The maximum atomic E-state index is 9.51. The summed E-state index contributed by atoms with van der Waals surface area (Å²) in [6, 6.07) is 14.0. The Hall–Kier alpha value is -1.80. The molecule has 0 spiro atoms. The molecule has 2 aromatic carbocycles. The molecule has 2 aromatic rings. The van der Waals surface area contributed by atoms with E-state index in [1.807, 2.05) is 18.2 Å². The summed E-state index contributed by atoms with van der Waals surface area (Å²) in [6.07, 6.45) is 0. The highest BCUT2D eigenvalue weighted by atomic mass is 16.3. The van der Waals surface area contributed by atoms with E-state index in [1.165, 1.54) is 16.7 Å². The van der Waals surface area contributed by atoms with E-state index >= 15 is 0 Å². The summed E-state index contributed by atoms with van der Waals surface area (Å²) in [4.78, 5) is 0. The fourth-order valence-corrected chi connectivity index (χ4v) is 2.29. The van der Waals surface area contributed by atoms with Gasteiger partial charge in [0.2, 0.25) is 0 Å². The van der Waals surface area contributed by atoms with Crippen LogP contribution in [0.4, 0.5) is 0 Å². The lowest BCUT2D eigenvalue weighted by Crippen LogP contribution is -2.19. The molecule has 0 amide bonds. The molecule has 0 radical (unpaired) electrons. The second kappa shape index (κ2) is 5.89. The zero-order chi connectivity index (χ0) is 13.8. The lowest BCUT2D eigenvalue weighted by Gasteiger charge is -2.17. The quantitative estimate of drug-likeness (QED) is 0.869. The summed E-state index contributed by atoms with van der Waals surface area (Å²) in [6.45, 7) is 7.24. The molecule has 2 N–H and O–H groups in total. The molecule has 0 aliphatic heterocycles. The number of phenols is 1. The second-order valence-electron chi connectivity index (χ2n) is 5.07. The van der Waals surface area contributed by atoms with E-state index in [0.29, 0.717) is 5.75 Å². The minimum atomic E-state index is 0.214. The molecule has 2 heteroatoms. The van der Waals surface area contributed by atoms with E-state index < -0.39 is 0 Å². The van der Waals surface area contributed by atoms with Gasteiger partial charge in [0.25, 0.3) is 0 Å². The van der Waals surface area contributed by atoms with Crippen molar-refractivity contribution >= 4 is 0 Å². The van der Waals surface area contributed by atoms with Crippen molar-refractivity contribution in [2.75, 3.05) is 0 Å². The van der Waals surface area contributed by atoms with Gasteiger partial charge < -0.3 is 10.4 Å². The van der Waals surface area contributed by atoms with E-state index in [1.54, 1.807) is 6.07 Å². The molecular formula is C17H21NO. The average molecular weight is 255 g/mol. The summed E-state index contributed by atoms with van der Waals surface area (Å²) in [7, 11) is 0. The van der Waals surface area contributed by atoms with Gasteiger partial charge in [-0.2, -0.15) is 0 Å².